The zero-order valence-electron chi connectivity index (χ0n) is 7.17. The molecule has 1 aliphatic rings. The molecule has 1 saturated heterocycles. The van der Waals surface area contributed by atoms with Gasteiger partial charge >= 0.3 is 0 Å². The number of carbonyl (C=O) groups is 1. The van der Waals surface area contributed by atoms with Crippen molar-refractivity contribution in [3.05, 3.63) is 0 Å². The first-order valence-corrected chi connectivity index (χ1v) is 4.99. The molecule has 3 heteroatoms. The van der Waals surface area contributed by atoms with Gasteiger partial charge in [0.15, 0.2) is 5.12 Å². The van der Waals surface area contributed by atoms with Crippen molar-refractivity contribution in [2.75, 3.05) is 25.9 Å². The Hall–Kier alpha value is -0.0200. The van der Waals surface area contributed by atoms with Crippen molar-refractivity contribution in [3.63, 3.8) is 0 Å². The molecule has 0 bridgehead atoms. The predicted molar refractivity (Wildman–Crippen MR) is 48.7 cm³/mol. The third kappa shape index (κ3) is 3.25. The van der Waals surface area contributed by atoms with Gasteiger partial charge in [0.2, 0.25) is 0 Å². The smallest absolute Gasteiger partial charge is 0.185 e. The maximum absolute atomic E-state index is 10.6. The monoisotopic (exact) mass is 173 g/mol. The van der Waals surface area contributed by atoms with Crippen molar-refractivity contribution in [1.82, 2.24) is 4.90 Å². The Morgan fingerprint density at radius 3 is 2.91 bits per heavy atom. The van der Waals surface area contributed by atoms with E-state index in [4.69, 9.17) is 0 Å². The minimum atomic E-state index is 0.250. The van der Waals surface area contributed by atoms with Crippen LogP contribution in [0, 0.1) is 5.92 Å². The van der Waals surface area contributed by atoms with Crippen LogP contribution in [0.3, 0.4) is 0 Å². The Morgan fingerprint density at radius 2 is 2.45 bits per heavy atom. The fourth-order valence-corrected chi connectivity index (χ4v) is 2.14. The molecule has 0 radical (unpaired) electrons. The van der Waals surface area contributed by atoms with Gasteiger partial charge in [-0.3, -0.25) is 4.79 Å². The van der Waals surface area contributed by atoms with Crippen LogP contribution in [0.4, 0.5) is 0 Å². The highest BCUT2D eigenvalue weighted by Crippen LogP contribution is 2.19. The summed E-state index contributed by atoms with van der Waals surface area (Å²) in [5.74, 6) is 1.76. The highest BCUT2D eigenvalue weighted by Gasteiger charge is 2.19. The van der Waals surface area contributed by atoms with E-state index in [2.05, 4.69) is 11.9 Å². The van der Waals surface area contributed by atoms with Gasteiger partial charge in [-0.1, -0.05) is 11.8 Å². The number of nitrogens with zero attached hydrogens (tertiary/aromatic N) is 1. The number of carbonyl (C=O) groups excluding carboxylic acids is 1. The second-order valence-electron chi connectivity index (χ2n) is 3.22. The molecular weight excluding hydrogens is 158 g/mol. The van der Waals surface area contributed by atoms with Crippen LogP contribution in [0.15, 0.2) is 0 Å². The van der Waals surface area contributed by atoms with Gasteiger partial charge in [0.05, 0.1) is 0 Å². The Kier molecular flexibility index (Phi) is 3.40. The van der Waals surface area contributed by atoms with E-state index in [1.165, 1.54) is 31.3 Å². The second kappa shape index (κ2) is 4.12. The SMILES string of the molecule is CC(=O)SCC1CCN(C)C1. The summed E-state index contributed by atoms with van der Waals surface area (Å²) in [6, 6.07) is 0. The summed E-state index contributed by atoms with van der Waals surface area (Å²) in [5, 5.41) is 0.250. The summed E-state index contributed by atoms with van der Waals surface area (Å²) >= 11 is 1.46. The van der Waals surface area contributed by atoms with Crippen LogP contribution in [0.2, 0.25) is 0 Å². The molecule has 2 nitrogen and oxygen atoms in total. The van der Waals surface area contributed by atoms with Crippen molar-refractivity contribution in [2.24, 2.45) is 5.92 Å². The lowest BCUT2D eigenvalue weighted by Crippen LogP contribution is -2.15. The van der Waals surface area contributed by atoms with Crippen molar-refractivity contribution in [2.45, 2.75) is 13.3 Å². The van der Waals surface area contributed by atoms with E-state index < -0.39 is 0 Å². The largest absolute Gasteiger partial charge is 0.306 e. The van der Waals surface area contributed by atoms with E-state index in [1.54, 1.807) is 6.92 Å². The number of thioether (sulfide) groups is 1. The molecule has 0 aromatic heterocycles. The van der Waals surface area contributed by atoms with Crippen LogP contribution in [0.25, 0.3) is 0 Å². The highest BCUT2D eigenvalue weighted by molar-refractivity contribution is 8.13. The van der Waals surface area contributed by atoms with Crippen molar-refractivity contribution in [3.8, 4) is 0 Å². The van der Waals surface area contributed by atoms with Gasteiger partial charge in [-0.2, -0.15) is 0 Å². The lowest BCUT2D eigenvalue weighted by atomic mass is 10.2. The standard InChI is InChI=1S/C8H15NOS/c1-7(10)11-6-8-3-4-9(2)5-8/h8H,3-6H2,1-2H3. The molecule has 1 heterocycles. The second-order valence-corrected chi connectivity index (χ2v) is 4.42. The van der Waals surface area contributed by atoms with E-state index in [9.17, 15) is 4.79 Å². The molecule has 1 fully saturated rings. The molecule has 1 rings (SSSR count). The van der Waals surface area contributed by atoms with Crippen LogP contribution in [0.5, 0.6) is 0 Å². The first-order valence-electron chi connectivity index (χ1n) is 4.00. The summed E-state index contributed by atoms with van der Waals surface area (Å²) < 4.78 is 0. The summed E-state index contributed by atoms with van der Waals surface area (Å²) in [7, 11) is 2.14. The molecule has 0 saturated carbocycles. The molecule has 0 N–H and O–H groups in total. The number of rotatable bonds is 2. The van der Waals surface area contributed by atoms with Crippen LogP contribution in [-0.2, 0) is 4.79 Å². The van der Waals surface area contributed by atoms with Gasteiger partial charge in [0.1, 0.15) is 0 Å². The zero-order chi connectivity index (χ0) is 8.27. The third-order valence-electron chi connectivity index (χ3n) is 2.01. The fraction of sp³-hybridized carbons (Fsp3) is 0.875. The van der Waals surface area contributed by atoms with E-state index in [0.717, 1.165) is 11.7 Å². The molecule has 0 aliphatic carbocycles. The van der Waals surface area contributed by atoms with E-state index in [0.29, 0.717) is 0 Å². The molecular formula is C8H15NOS. The van der Waals surface area contributed by atoms with Gasteiger partial charge in [-0.05, 0) is 25.9 Å². The molecule has 11 heavy (non-hydrogen) atoms. The lowest BCUT2D eigenvalue weighted by molar-refractivity contribution is -0.109. The van der Waals surface area contributed by atoms with Crippen LogP contribution in [0.1, 0.15) is 13.3 Å². The Balaban J connectivity index is 2.13. The van der Waals surface area contributed by atoms with Gasteiger partial charge < -0.3 is 4.90 Å². The van der Waals surface area contributed by atoms with E-state index >= 15 is 0 Å². The summed E-state index contributed by atoms with van der Waals surface area (Å²) in [6.07, 6.45) is 1.26. The average molecular weight is 173 g/mol. The Morgan fingerprint density at radius 1 is 1.73 bits per heavy atom. The number of hydrogen-bond acceptors (Lipinski definition) is 3. The molecule has 1 unspecified atom stereocenters. The maximum Gasteiger partial charge on any atom is 0.185 e. The summed E-state index contributed by atoms with van der Waals surface area (Å²) in [6.45, 7) is 4.01. The minimum absolute atomic E-state index is 0.250. The molecule has 0 spiro atoms. The molecule has 1 aliphatic heterocycles. The highest BCUT2D eigenvalue weighted by atomic mass is 32.2. The average Bonchev–Trinajstić information content (AvgIpc) is 2.31. The maximum atomic E-state index is 10.6. The third-order valence-corrected chi connectivity index (χ3v) is 3.06. The van der Waals surface area contributed by atoms with E-state index in [1.807, 2.05) is 0 Å². The lowest BCUT2D eigenvalue weighted by Gasteiger charge is -2.07. The quantitative estimate of drug-likeness (QED) is 0.626. The Bertz CT molecular complexity index is 149. The van der Waals surface area contributed by atoms with Gasteiger partial charge in [0.25, 0.3) is 0 Å². The topological polar surface area (TPSA) is 20.3 Å². The first-order chi connectivity index (χ1) is 5.18. The minimum Gasteiger partial charge on any atom is -0.306 e. The van der Waals surface area contributed by atoms with Crippen molar-refractivity contribution < 1.29 is 4.79 Å². The van der Waals surface area contributed by atoms with Crippen molar-refractivity contribution >= 4 is 16.9 Å². The predicted octanol–water partition coefficient (Wildman–Crippen LogP) is 1.22. The summed E-state index contributed by atoms with van der Waals surface area (Å²) in [5.41, 5.74) is 0. The van der Waals surface area contributed by atoms with E-state index in [-0.39, 0.29) is 5.12 Å². The first kappa shape index (κ1) is 9.07. The van der Waals surface area contributed by atoms with Gasteiger partial charge in [0, 0.05) is 19.2 Å². The Labute approximate surface area is 72.3 Å². The van der Waals surface area contributed by atoms with Crippen LogP contribution in [-0.4, -0.2) is 35.9 Å². The normalized spacial score (nSPS) is 25.8. The van der Waals surface area contributed by atoms with Crippen molar-refractivity contribution in [1.29, 1.82) is 0 Å². The molecule has 64 valence electrons. The molecule has 1 atom stereocenters. The van der Waals surface area contributed by atoms with Gasteiger partial charge in [-0.25, -0.2) is 0 Å². The van der Waals surface area contributed by atoms with Crippen LogP contribution < -0.4 is 0 Å². The fourth-order valence-electron chi connectivity index (χ4n) is 1.40. The zero-order valence-corrected chi connectivity index (χ0v) is 7.99. The number of likely N-dealkylation sites (tertiary alicyclic amines) is 1. The summed E-state index contributed by atoms with van der Waals surface area (Å²) in [4.78, 5) is 13.0. The number of hydrogen-bond donors (Lipinski definition) is 0. The molecule has 0 aromatic carbocycles. The molecule has 0 aromatic rings. The van der Waals surface area contributed by atoms with Gasteiger partial charge in [-0.15, -0.1) is 0 Å². The van der Waals surface area contributed by atoms with Crippen LogP contribution >= 0.6 is 11.8 Å². The molecule has 0 amide bonds.